The molecule has 1 amide bonds. The first-order chi connectivity index (χ1) is 14.4. The van der Waals surface area contributed by atoms with Crippen LogP contribution in [0.15, 0.2) is 41.8 Å². The van der Waals surface area contributed by atoms with Crippen molar-refractivity contribution in [2.24, 2.45) is 11.8 Å². The average molecular weight is 425 g/mol. The van der Waals surface area contributed by atoms with Gasteiger partial charge in [0, 0.05) is 26.0 Å². The zero-order valence-electron chi connectivity index (χ0n) is 18.4. The fourth-order valence-electron chi connectivity index (χ4n) is 3.78. The number of thiophene rings is 1. The Hall–Kier alpha value is -2.47. The molecule has 0 aliphatic heterocycles. The Bertz CT molecular complexity index is 947. The highest BCUT2D eigenvalue weighted by atomic mass is 32.1. The van der Waals surface area contributed by atoms with Gasteiger partial charge >= 0.3 is 0 Å². The lowest BCUT2D eigenvalue weighted by atomic mass is 9.83. The summed E-state index contributed by atoms with van der Waals surface area (Å²) in [5.41, 5.74) is 1.00. The molecule has 3 aromatic rings. The Kier molecular flexibility index (Phi) is 7.80. The van der Waals surface area contributed by atoms with Crippen LogP contribution < -0.4 is 10.2 Å². The number of hydrogen-bond donors (Lipinski definition) is 1. The number of hydrogen-bond acceptors (Lipinski definition) is 5. The monoisotopic (exact) mass is 424 g/mol. The predicted octanol–water partition coefficient (Wildman–Crippen LogP) is 5.31. The summed E-state index contributed by atoms with van der Waals surface area (Å²) >= 11 is 1.51. The lowest BCUT2D eigenvalue weighted by Gasteiger charge is -2.26. The van der Waals surface area contributed by atoms with Crippen molar-refractivity contribution in [3.8, 4) is 0 Å². The van der Waals surface area contributed by atoms with Crippen molar-refractivity contribution in [1.29, 1.82) is 0 Å². The summed E-state index contributed by atoms with van der Waals surface area (Å²) < 4.78 is 0. The van der Waals surface area contributed by atoms with Gasteiger partial charge in [0.2, 0.25) is 0 Å². The number of carbonyl (C=O) groups excluding carboxylic acids is 1. The van der Waals surface area contributed by atoms with E-state index in [0.29, 0.717) is 5.92 Å². The highest BCUT2D eigenvalue weighted by Crippen LogP contribution is 2.27. The number of para-hydroxylation sites is 1. The molecule has 2 heterocycles. The molecule has 4 rings (SSSR count). The Morgan fingerprint density at radius 1 is 1.10 bits per heavy atom. The summed E-state index contributed by atoms with van der Waals surface area (Å²) in [5, 5.41) is 6.08. The molecular weight excluding hydrogens is 392 g/mol. The number of rotatable bonds is 4. The molecule has 30 heavy (non-hydrogen) atoms. The molecule has 1 saturated carbocycles. The number of anilines is 1. The minimum absolute atomic E-state index is 0.0913. The molecular formula is C24H32N4OS. The Morgan fingerprint density at radius 3 is 2.50 bits per heavy atom. The first-order valence-corrected chi connectivity index (χ1v) is 11.5. The maximum absolute atomic E-state index is 11.7. The molecule has 2 aromatic heterocycles. The van der Waals surface area contributed by atoms with Gasteiger partial charge in [0.05, 0.1) is 10.4 Å². The maximum atomic E-state index is 11.7. The van der Waals surface area contributed by atoms with E-state index in [-0.39, 0.29) is 5.91 Å². The number of carbonyl (C=O) groups is 1. The van der Waals surface area contributed by atoms with Gasteiger partial charge < -0.3 is 10.2 Å². The smallest absolute Gasteiger partial charge is 0.261 e. The maximum Gasteiger partial charge on any atom is 0.261 e. The van der Waals surface area contributed by atoms with Gasteiger partial charge in [0.15, 0.2) is 0 Å². The first-order valence-electron chi connectivity index (χ1n) is 10.7. The second-order valence-corrected chi connectivity index (χ2v) is 9.27. The molecule has 0 spiro atoms. The molecule has 1 fully saturated rings. The van der Waals surface area contributed by atoms with Crippen LogP contribution in [0, 0.1) is 18.8 Å². The molecule has 5 nitrogen and oxygen atoms in total. The number of benzene rings is 1. The molecule has 0 atom stereocenters. The van der Waals surface area contributed by atoms with Crippen molar-refractivity contribution in [1.82, 2.24) is 15.3 Å². The zero-order chi connectivity index (χ0) is 21.5. The second-order valence-electron chi connectivity index (χ2n) is 8.32. The largest absolute Gasteiger partial charge is 0.362 e. The normalized spacial score (nSPS) is 18.4. The van der Waals surface area contributed by atoms with Gasteiger partial charge in [-0.15, -0.1) is 11.3 Å². The van der Waals surface area contributed by atoms with Gasteiger partial charge in [-0.25, -0.2) is 9.97 Å². The van der Waals surface area contributed by atoms with E-state index in [2.05, 4.69) is 22.2 Å². The van der Waals surface area contributed by atoms with Crippen molar-refractivity contribution in [2.75, 3.05) is 25.5 Å². The van der Waals surface area contributed by atoms with Crippen LogP contribution in [0.4, 0.5) is 5.82 Å². The van der Waals surface area contributed by atoms with E-state index >= 15 is 0 Å². The van der Waals surface area contributed by atoms with Crippen LogP contribution in [0.1, 0.15) is 48.1 Å². The third-order valence-electron chi connectivity index (χ3n) is 5.55. The topological polar surface area (TPSA) is 58.1 Å². The molecule has 6 heteroatoms. The molecule has 1 aliphatic rings. The summed E-state index contributed by atoms with van der Waals surface area (Å²) in [6.45, 7) is 5.09. The van der Waals surface area contributed by atoms with Crippen LogP contribution in [0.2, 0.25) is 0 Å². The Morgan fingerprint density at radius 2 is 1.83 bits per heavy atom. The molecule has 0 bridgehead atoms. The quantitative estimate of drug-likeness (QED) is 0.617. The third-order valence-corrected chi connectivity index (χ3v) is 6.42. The lowest BCUT2D eigenvalue weighted by Crippen LogP contribution is -2.30. The van der Waals surface area contributed by atoms with E-state index in [1.165, 1.54) is 37.0 Å². The number of aryl methyl sites for hydroxylation is 1. The minimum Gasteiger partial charge on any atom is -0.362 e. The summed E-state index contributed by atoms with van der Waals surface area (Å²) in [4.78, 5) is 23.3. The van der Waals surface area contributed by atoms with Crippen molar-refractivity contribution in [3.05, 3.63) is 52.5 Å². The SMILES string of the molecule is CC1CCC(CNC(=O)c2cccs2)CC1.Cc1nc(N(C)C)c2ccccc2n1. The summed E-state index contributed by atoms with van der Waals surface area (Å²) in [7, 11) is 3.99. The van der Waals surface area contributed by atoms with E-state index in [1.807, 2.05) is 67.7 Å². The van der Waals surface area contributed by atoms with Crippen molar-refractivity contribution >= 4 is 34.0 Å². The summed E-state index contributed by atoms with van der Waals surface area (Å²) in [6, 6.07) is 11.9. The van der Waals surface area contributed by atoms with Gasteiger partial charge in [-0.2, -0.15) is 0 Å². The van der Waals surface area contributed by atoms with E-state index in [9.17, 15) is 4.79 Å². The summed E-state index contributed by atoms with van der Waals surface area (Å²) in [5.74, 6) is 3.46. The molecule has 1 aliphatic carbocycles. The molecule has 0 radical (unpaired) electrons. The molecule has 1 aromatic carbocycles. The molecule has 160 valence electrons. The zero-order valence-corrected chi connectivity index (χ0v) is 19.2. The number of amides is 1. The Labute approximate surface area is 183 Å². The highest BCUT2D eigenvalue weighted by molar-refractivity contribution is 7.12. The van der Waals surface area contributed by atoms with Gasteiger partial charge in [-0.05, 0) is 55.2 Å². The highest BCUT2D eigenvalue weighted by Gasteiger charge is 2.18. The molecule has 0 saturated heterocycles. The van der Waals surface area contributed by atoms with Gasteiger partial charge in [-0.3, -0.25) is 4.79 Å². The van der Waals surface area contributed by atoms with Crippen molar-refractivity contribution < 1.29 is 4.79 Å². The van der Waals surface area contributed by atoms with Crippen LogP contribution in [-0.2, 0) is 0 Å². The van der Waals surface area contributed by atoms with Crippen molar-refractivity contribution in [2.45, 2.75) is 39.5 Å². The standard InChI is InChI=1S/C13H19NOS.C11H13N3/c1-10-4-6-11(7-5-10)9-14-13(15)12-3-2-8-16-12;1-8-12-10-7-5-4-6-9(10)11(13-8)14(2)3/h2-3,8,10-11H,4-7,9H2,1H3,(H,14,15);4-7H,1-3H3. The third kappa shape index (κ3) is 6.02. The van der Waals surface area contributed by atoms with Crippen LogP contribution in [-0.4, -0.2) is 36.5 Å². The van der Waals surface area contributed by atoms with Crippen LogP contribution in [0.5, 0.6) is 0 Å². The average Bonchev–Trinajstić information content (AvgIpc) is 3.28. The van der Waals surface area contributed by atoms with Crippen LogP contribution in [0.3, 0.4) is 0 Å². The number of fused-ring (bicyclic) bond motifs is 1. The summed E-state index contributed by atoms with van der Waals surface area (Å²) in [6.07, 6.45) is 5.18. The van der Waals surface area contributed by atoms with E-state index in [0.717, 1.165) is 39.9 Å². The predicted molar refractivity (Wildman–Crippen MR) is 126 cm³/mol. The number of nitrogens with one attached hydrogen (secondary N) is 1. The van der Waals surface area contributed by atoms with Crippen molar-refractivity contribution in [3.63, 3.8) is 0 Å². The number of nitrogens with zero attached hydrogens (tertiary/aromatic N) is 3. The fourth-order valence-corrected chi connectivity index (χ4v) is 4.42. The van der Waals surface area contributed by atoms with Gasteiger partial charge in [-0.1, -0.05) is 38.0 Å². The van der Waals surface area contributed by atoms with Gasteiger partial charge in [0.1, 0.15) is 11.6 Å². The Balaban J connectivity index is 0.000000172. The van der Waals surface area contributed by atoms with E-state index in [4.69, 9.17) is 0 Å². The van der Waals surface area contributed by atoms with Gasteiger partial charge in [0.25, 0.3) is 5.91 Å². The molecule has 1 N–H and O–H groups in total. The first kappa shape index (κ1) is 22.2. The molecule has 0 unspecified atom stereocenters. The van der Waals surface area contributed by atoms with E-state index < -0.39 is 0 Å². The van der Waals surface area contributed by atoms with Crippen LogP contribution >= 0.6 is 11.3 Å². The minimum atomic E-state index is 0.0913. The number of aromatic nitrogens is 2. The second kappa shape index (κ2) is 10.5. The lowest BCUT2D eigenvalue weighted by molar-refractivity contribution is 0.0946. The van der Waals surface area contributed by atoms with Crippen LogP contribution in [0.25, 0.3) is 10.9 Å². The van der Waals surface area contributed by atoms with E-state index in [1.54, 1.807) is 0 Å². The fraction of sp³-hybridized carbons (Fsp3) is 0.458.